The molecule has 15 heavy (non-hydrogen) atoms. The molecule has 3 nitrogen and oxygen atoms in total. The predicted molar refractivity (Wildman–Crippen MR) is 54.0 cm³/mol. The Kier molecular flexibility index (Phi) is 2.58. The SMILES string of the molecule is COc1cccnc1-c1cc(F)ccn1. The van der Waals surface area contributed by atoms with E-state index in [0.29, 0.717) is 17.1 Å². The van der Waals surface area contributed by atoms with Crippen molar-refractivity contribution in [1.82, 2.24) is 9.97 Å². The summed E-state index contributed by atoms with van der Waals surface area (Å²) >= 11 is 0. The van der Waals surface area contributed by atoms with E-state index in [1.807, 2.05) is 0 Å². The Morgan fingerprint density at radius 1 is 1.20 bits per heavy atom. The van der Waals surface area contributed by atoms with Gasteiger partial charge in [-0.15, -0.1) is 0 Å². The molecular formula is C11H9FN2O. The van der Waals surface area contributed by atoms with Gasteiger partial charge in [0.05, 0.1) is 12.8 Å². The van der Waals surface area contributed by atoms with Gasteiger partial charge in [0.15, 0.2) is 0 Å². The van der Waals surface area contributed by atoms with Crippen LogP contribution in [0.5, 0.6) is 5.75 Å². The van der Waals surface area contributed by atoms with Gasteiger partial charge in [0.2, 0.25) is 0 Å². The molecule has 2 rings (SSSR count). The van der Waals surface area contributed by atoms with Crippen molar-refractivity contribution in [2.75, 3.05) is 7.11 Å². The minimum Gasteiger partial charge on any atom is -0.494 e. The van der Waals surface area contributed by atoms with Crippen LogP contribution in [-0.4, -0.2) is 17.1 Å². The summed E-state index contributed by atoms with van der Waals surface area (Å²) in [5, 5.41) is 0. The lowest BCUT2D eigenvalue weighted by Gasteiger charge is -2.05. The van der Waals surface area contributed by atoms with Gasteiger partial charge in [0.1, 0.15) is 17.3 Å². The number of nitrogens with zero attached hydrogens (tertiary/aromatic N) is 2. The molecule has 0 saturated carbocycles. The molecule has 4 heteroatoms. The van der Waals surface area contributed by atoms with E-state index in [4.69, 9.17) is 4.74 Å². The van der Waals surface area contributed by atoms with E-state index in [9.17, 15) is 4.39 Å². The first-order valence-corrected chi connectivity index (χ1v) is 4.42. The Bertz CT molecular complexity index is 474. The monoisotopic (exact) mass is 204 g/mol. The first kappa shape index (κ1) is 9.58. The van der Waals surface area contributed by atoms with Crippen molar-refractivity contribution in [3.05, 3.63) is 42.5 Å². The number of methoxy groups -OCH3 is 1. The molecule has 2 aromatic heterocycles. The lowest BCUT2D eigenvalue weighted by molar-refractivity contribution is 0.414. The van der Waals surface area contributed by atoms with E-state index >= 15 is 0 Å². The van der Waals surface area contributed by atoms with E-state index < -0.39 is 0 Å². The molecule has 0 saturated heterocycles. The summed E-state index contributed by atoms with van der Waals surface area (Å²) < 4.78 is 18.1. The summed E-state index contributed by atoms with van der Waals surface area (Å²) in [7, 11) is 1.54. The molecule has 0 bridgehead atoms. The Balaban J connectivity index is 2.53. The maximum Gasteiger partial charge on any atom is 0.146 e. The van der Waals surface area contributed by atoms with Gasteiger partial charge >= 0.3 is 0 Å². The van der Waals surface area contributed by atoms with Crippen molar-refractivity contribution in [3.63, 3.8) is 0 Å². The quantitative estimate of drug-likeness (QED) is 0.752. The molecule has 76 valence electrons. The fourth-order valence-corrected chi connectivity index (χ4v) is 1.28. The highest BCUT2D eigenvalue weighted by molar-refractivity contribution is 5.61. The molecule has 2 aromatic rings. The number of pyridine rings is 2. The van der Waals surface area contributed by atoms with E-state index in [1.165, 1.54) is 18.3 Å². The predicted octanol–water partition coefficient (Wildman–Crippen LogP) is 2.29. The highest BCUT2D eigenvalue weighted by atomic mass is 19.1. The minimum atomic E-state index is -0.340. The van der Waals surface area contributed by atoms with Crippen molar-refractivity contribution in [3.8, 4) is 17.1 Å². The number of ether oxygens (including phenoxy) is 1. The molecule has 0 atom stereocenters. The lowest BCUT2D eigenvalue weighted by Crippen LogP contribution is -1.93. The van der Waals surface area contributed by atoms with Crippen LogP contribution in [0.3, 0.4) is 0 Å². The Morgan fingerprint density at radius 3 is 2.80 bits per heavy atom. The topological polar surface area (TPSA) is 35.0 Å². The third kappa shape index (κ3) is 1.93. The van der Waals surface area contributed by atoms with Crippen LogP contribution >= 0.6 is 0 Å². The highest BCUT2D eigenvalue weighted by Crippen LogP contribution is 2.25. The smallest absolute Gasteiger partial charge is 0.146 e. The zero-order valence-electron chi connectivity index (χ0n) is 8.14. The molecule has 0 aliphatic rings. The van der Waals surface area contributed by atoms with Crippen LogP contribution in [0, 0.1) is 5.82 Å². The van der Waals surface area contributed by atoms with Crippen molar-refractivity contribution in [1.29, 1.82) is 0 Å². The van der Waals surface area contributed by atoms with E-state index in [-0.39, 0.29) is 5.82 Å². The molecule has 0 radical (unpaired) electrons. The van der Waals surface area contributed by atoms with Gasteiger partial charge in [-0.05, 0) is 18.2 Å². The lowest BCUT2D eigenvalue weighted by atomic mass is 10.2. The summed E-state index contributed by atoms with van der Waals surface area (Å²) in [5.74, 6) is 0.239. The Hall–Kier alpha value is -1.97. The zero-order valence-corrected chi connectivity index (χ0v) is 8.14. The first-order chi connectivity index (χ1) is 7.31. The number of aromatic nitrogens is 2. The van der Waals surface area contributed by atoms with E-state index in [1.54, 1.807) is 25.4 Å². The standard InChI is InChI=1S/C11H9FN2O/c1-15-10-3-2-5-14-11(10)9-7-8(12)4-6-13-9/h2-7H,1H3. The molecule has 0 spiro atoms. The van der Waals surface area contributed by atoms with Gasteiger partial charge in [0.25, 0.3) is 0 Å². The maximum atomic E-state index is 13.0. The number of rotatable bonds is 2. The third-order valence-electron chi connectivity index (χ3n) is 1.96. The van der Waals surface area contributed by atoms with E-state index in [0.717, 1.165) is 0 Å². The number of hydrogen-bond donors (Lipinski definition) is 0. The largest absolute Gasteiger partial charge is 0.494 e. The van der Waals surface area contributed by atoms with Crippen molar-refractivity contribution < 1.29 is 9.13 Å². The molecule has 0 fully saturated rings. The summed E-state index contributed by atoms with van der Waals surface area (Å²) in [5.41, 5.74) is 1.01. The van der Waals surface area contributed by atoms with Crippen LogP contribution in [-0.2, 0) is 0 Å². The molecule has 2 heterocycles. The van der Waals surface area contributed by atoms with Gasteiger partial charge in [0, 0.05) is 18.5 Å². The van der Waals surface area contributed by atoms with Crippen LogP contribution in [0.1, 0.15) is 0 Å². The summed E-state index contributed by atoms with van der Waals surface area (Å²) in [6.45, 7) is 0. The van der Waals surface area contributed by atoms with Crippen molar-refractivity contribution >= 4 is 0 Å². The molecule has 0 unspecified atom stereocenters. The minimum absolute atomic E-state index is 0.340. The molecular weight excluding hydrogens is 195 g/mol. The highest BCUT2D eigenvalue weighted by Gasteiger charge is 2.08. The van der Waals surface area contributed by atoms with Crippen LogP contribution in [0.4, 0.5) is 4.39 Å². The van der Waals surface area contributed by atoms with Crippen LogP contribution in [0.15, 0.2) is 36.7 Å². The van der Waals surface area contributed by atoms with E-state index in [2.05, 4.69) is 9.97 Å². The molecule has 0 N–H and O–H groups in total. The number of hydrogen-bond acceptors (Lipinski definition) is 3. The fourth-order valence-electron chi connectivity index (χ4n) is 1.28. The van der Waals surface area contributed by atoms with Gasteiger partial charge in [-0.1, -0.05) is 0 Å². The molecule has 0 aliphatic carbocycles. The normalized spacial score (nSPS) is 10.0. The number of halogens is 1. The summed E-state index contributed by atoms with van der Waals surface area (Å²) in [6.07, 6.45) is 3.02. The third-order valence-corrected chi connectivity index (χ3v) is 1.96. The van der Waals surface area contributed by atoms with Crippen LogP contribution < -0.4 is 4.74 Å². The second kappa shape index (κ2) is 4.04. The average Bonchev–Trinajstić information content (AvgIpc) is 2.29. The maximum absolute atomic E-state index is 13.0. The first-order valence-electron chi connectivity index (χ1n) is 4.42. The molecule has 0 aromatic carbocycles. The molecule has 0 aliphatic heterocycles. The van der Waals surface area contributed by atoms with Crippen LogP contribution in [0.25, 0.3) is 11.4 Å². The Morgan fingerprint density at radius 2 is 2.07 bits per heavy atom. The Labute approximate surface area is 86.6 Å². The van der Waals surface area contributed by atoms with Gasteiger partial charge in [-0.3, -0.25) is 9.97 Å². The second-order valence-corrected chi connectivity index (χ2v) is 2.91. The van der Waals surface area contributed by atoms with Gasteiger partial charge in [-0.2, -0.15) is 0 Å². The molecule has 0 amide bonds. The zero-order chi connectivity index (χ0) is 10.7. The summed E-state index contributed by atoms with van der Waals surface area (Å²) in [4.78, 5) is 8.14. The summed E-state index contributed by atoms with van der Waals surface area (Å²) in [6, 6.07) is 6.13. The fraction of sp³-hybridized carbons (Fsp3) is 0.0909. The van der Waals surface area contributed by atoms with Crippen molar-refractivity contribution in [2.45, 2.75) is 0 Å². The van der Waals surface area contributed by atoms with Crippen LogP contribution in [0.2, 0.25) is 0 Å². The average molecular weight is 204 g/mol. The second-order valence-electron chi connectivity index (χ2n) is 2.91. The van der Waals surface area contributed by atoms with Gasteiger partial charge < -0.3 is 4.74 Å². The van der Waals surface area contributed by atoms with Crippen molar-refractivity contribution in [2.24, 2.45) is 0 Å². The van der Waals surface area contributed by atoms with Gasteiger partial charge in [-0.25, -0.2) is 4.39 Å².